The van der Waals surface area contributed by atoms with Gasteiger partial charge in [0.1, 0.15) is 0 Å². The number of alkyl halides is 3. The Bertz CT molecular complexity index is 1120. The quantitative estimate of drug-likeness (QED) is 0.566. The molecule has 32 heavy (non-hydrogen) atoms. The van der Waals surface area contributed by atoms with Crippen molar-refractivity contribution >= 4 is 38.5 Å². The van der Waals surface area contributed by atoms with Gasteiger partial charge in [-0.15, -0.1) is 0 Å². The van der Waals surface area contributed by atoms with E-state index in [4.69, 9.17) is 0 Å². The second-order valence-electron chi connectivity index (χ2n) is 8.03. The Morgan fingerprint density at radius 3 is 2.25 bits per heavy atom. The van der Waals surface area contributed by atoms with E-state index in [9.17, 15) is 22.8 Å². The number of piperidine rings is 1. The average Bonchev–Trinajstić information content (AvgIpc) is 3.20. The van der Waals surface area contributed by atoms with Gasteiger partial charge in [0.25, 0.3) is 5.91 Å². The molecule has 2 amide bonds. The van der Waals surface area contributed by atoms with Crippen LogP contribution in [0.5, 0.6) is 0 Å². The topological polar surface area (TPSA) is 62.3 Å². The number of nitrogens with zero attached hydrogens (tertiary/aromatic N) is 2. The minimum atomic E-state index is -4.44. The number of hydrogen-bond acceptors (Lipinski definition) is 4. The summed E-state index contributed by atoms with van der Waals surface area (Å²) in [6, 6.07) is 8.25. The highest BCUT2D eigenvalue weighted by Gasteiger charge is 2.31. The largest absolute Gasteiger partial charge is 0.416 e. The molecule has 1 aliphatic heterocycles. The lowest BCUT2D eigenvalue weighted by Gasteiger charge is -2.31. The highest BCUT2D eigenvalue weighted by atomic mass is 32.1. The zero-order valence-corrected chi connectivity index (χ0v) is 18.4. The Hall–Kier alpha value is -2.94. The molecular formula is C23H22F3N3O2S. The van der Waals surface area contributed by atoms with Crippen LogP contribution in [-0.4, -0.2) is 34.8 Å². The van der Waals surface area contributed by atoms with Gasteiger partial charge in [-0.05, 0) is 62.1 Å². The minimum Gasteiger partial charge on any atom is -0.339 e. The molecule has 1 aromatic heterocycles. The van der Waals surface area contributed by atoms with Crippen LogP contribution in [0.25, 0.3) is 10.2 Å². The zero-order valence-electron chi connectivity index (χ0n) is 17.6. The molecule has 1 fully saturated rings. The number of likely N-dealkylation sites (tertiary alicyclic amines) is 1. The van der Waals surface area contributed by atoms with Crippen LogP contribution < -0.4 is 5.32 Å². The Morgan fingerprint density at radius 1 is 1.03 bits per heavy atom. The number of aryl methyl sites for hydroxylation is 2. The third-order valence-electron chi connectivity index (χ3n) is 5.78. The summed E-state index contributed by atoms with van der Waals surface area (Å²) in [5.41, 5.74) is 2.48. The van der Waals surface area contributed by atoms with Gasteiger partial charge in [-0.1, -0.05) is 23.5 Å². The average molecular weight is 462 g/mol. The van der Waals surface area contributed by atoms with Crippen LogP contribution in [0.15, 0.2) is 36.4 Å². The molecule has 0 radical (unpaired) electrons. The second-order valence-corrected chi connectivity index (χ2v) is 9.03. The highest BCUT2D eigenvalue weighted by molar-refractivity contribution is 7.22. The molecule has 0 saturated carbocycles. The third-order valence-corrected chi connectivity index (χ3v) is 6.89. The summed E-state index contributed by atoms with van der Waals surface area (Å²) < 4.78 is 39.2. The standard InChI is InChI=1S/C23H22F3N3O2S/c1-13-3-4-14(2)19-18(13)27-22(32-19)28-20(30)15-9-11-29(12-10-15)21(31)16-5-7-17(8-6-16)23(24,25)26/h3-8,15H,9-12H2,1-2H3,(H,27,28,30). The Labute approximate surface area is 187 Å². The molecule has 0 unspecified atom stereocenters. The van der Waals surface area contributed by atoms with Crippen LogP contribution in [0.2, 0.25) is 0 Å². The van der Waals surface area contributed by atoms with Gasteiger partial charge >= 0.3 is 6.18 Å². The van der Waals surface area contributed by atoms with Gasteiger partial charge in [-0.3, -0.25) is 9.59 Å². The number of hydrogen-bond donors (Lipinski definition) is 1. The molecular weight excluding hydrogens is 439 g/mol. The third kappa shape index (κ3) is 4.48. The maximum absolute atomic E-state index is 12.7. The second kappa shape index (κ2) is 8.54. The number of thiazole rings is 1. The summed E-state index contributed by atoms with van der Waals surface area (Å²) in [5, 5.41) is 3.47. The number of anilines is 1. The monoisotopic (exact) mass is 461 g/mol. The van der Waals surface area contributed by atoms with Crippen LogP contribution in [0, 0.1) is 19.8 Å². The number of rotatable bonds is 3. The van der Waals surface area contributed by atoms with Crippen LogP contribution in [0.1, 0.15) is 39.9 Å². The first-order chi connectivity index (χ1) is 15.1. The van der Waals surface area contributed by atoms with Crippen molar-refractivity contribution in [2.45, 2.75) is 32.9 Å². The number of amides is 2. The van der Waals surface area contributed by atoms with E-state index < -0.39 is 11.7 Å². The fourth-order valence-corrected chi connectivity index (χ4v) is 4.86. The Morgan fingerprint density at radius 2 is 1.66 bits per heavy atom. The van der Waals surface area contributed by atoms with Gasteiger partial charge in [-0.25, -0.2) is 4.98 Å². The van der Waals surface area contributed by atoms with Crippen molar-refractivity contribution < 1.29 is 22.8 Å². The van der Waals surface area contributed by atoms with Crippen molar-refractivity contribution in [1.82, 2.24) is 9.88 Å². The number of benzene rings is 2. The molecule has 1 N–H and O–H groups in total. The molecule has 5 nitrogen and oxygen atoms in total. The summed E-state index contributed by atoms with van der Waals surface area (Å²) in [6.45, 7) is 4.73. The lowest BCUT2D eigenvalue weighted by molar-refractivity contribution is -0.137. The lowest BCUT2D eigenvalue weighted by Crippen LogP contribution is -2.41. The van der Waals surface area contributed by atoms with Gasteiger partial charge < -0.3 is 10.2 Å². The van der Waals surface area contributed by atoms with Crippen molar-refractivity contribution in [2.75, 3.05) is 18.4 Å². The summed E-state index contributed by atoms with van der Waals surface area (Å²) >= 11 is 1.45. The molecule has 168 valence electrons. The number of carbonyl (C=O) groups is 2. The van der Waals surface area contributed by atoms with Crippen molar-refractivity contribution in [2.24, 2.45) is 5.92 Å². The van der Waals surface area contributed by atoms with Gasteiger partial charge in [0.05, 0.1) is 15.8 Å². The number of nitrogens with one attached hydrogen (secondary N) is 1. The SMILES string of the molecule is Cc1ccc(C)c2sc(NC(=O)C3CCN(C(=O)c4ccc(C(F)(F)F)cc4)CC3)nc12. The van der Waals surface area contributed by atoms with E-state index in [2.05, 4.69) is 10.3 Å². The van der Waals surface area contributed by atoms with Gasteiger partial charge in [-0.2, -0.15) is 13.2 Å². The van der Waals surface area contributed by atoms with E-state index in [1.807, 2.05) is 26.0 Å². The first-order valence-corrected chi connectivity index (χ1v) is 11.1. The maximum Gasteiger partial charge on any atom is 0.416 e. The van der Waals surface area contributed by atoms with Crippen LogP contribution in [-0.2, 0) is 11.0 Å². The molecule has 2 heterocycles. The van der Waals surface area contributed by atoms with Crippen LogP contribution >= 0.6 is 11.3 Å². The summed E-state index contributed by atoms with van der Waals surface area (Å²) in [4.78, 5) is 31.5. The Balaban J connectivity index is 1.36. The van der Waals surface area contributed by atoms with Gasteiger partial charge in [0.2, 0.25) is 5.91 Å². The minimum absolute atomic E-state index is 0.124. The summed E-state index contributed by atoms with van der Waals surface area (Å²) in [5.74, 6) is -0.698. The van der Waals surface area contributed by atoms with E-state index in [-0.39, 0.29) is 23.3 Å². The van der Waals surface area contributed by atoms with E-state index in [0.717, 1.165) is 33.5 Å². The molecule has 4 rings (SSSR count). The number of aromatic nitrogens is 1. The van der Waals surface area contributed by atoms with Crippen molar-refractivity contribution in [3.05, 3.63) is 58.7 Å². The maximum atomic E-state index is 12.7. The predicted molar refractivity (Wildman–Crippen MR) is 118 cm³/mol. The van der Waals surface area contributed by atoms with E-state index in [0.29, 0.717) is 31.1 Å². The van der Waals surface area contributed by atoms with Gasteiger partial charge in [0.15, 0.2) is 5.13 Å². The first-order valence-electron chi connectivity index (χ1n) is 10.3. The molecule has 3 aromatic rings. The predicted octanol–water partition coefficient (Wildman–Crippen LogP) is 5.42. The number of halogens is 3. The summed E-state index contributed by atoms with van der Waals surface area (Å²) in [6.07, 6.45) is -3.46. The number of fused-ring (bicyclic) bond motifs is 1. The molecule has 0 bridgehead atoms. The van der Waals surface area contributed by atoms with Crippen molar-refractivity contribution in [3.8, 4) is 0 Å². The van der Waals surface area contributed by atoms with Crippen LogP contribution in [0.3, 0.4) is 0 Å². The highest BCUT2D eigenvalue weighted by Crippen LogP contribution is 2.32. The molecule has 1 aliphatic rings. The van der Waals surface area contributed by atoms with Crippen molar-refractivity contribution in [3.63, 3.8) is 0 Å². The number of carbonyl (C=O) groups excluding carboxylic acids is 2. The summed E-state index contributed by atoms with van der Waals surface area (Å²) in [7, 11) is 0. The van der Waals surface area contributed by atoms with Crippen molar-refractivity contribution in [1.29, 1.82) is 0 Å². The smallest absolute Gasteiger partial charge is 0.339 e. The van der Waals surface area contributed by atoms with Crippen LogP contribution in [0.4, 0.5) is 18.3 Å². The molecule has 9 heteroatoms. The normalized spacial score (nSPS) is 15.2. The molecule has 0 aliphatic carbocycles. The Kier molecular flexibility index (Phi) is 5.94. The molecule has 2 aromatic carbocycles. The zero-order chi connectivity index (χ0) is 23.0. The van der Waals surface area contributed by atoms with E-state index in [1.54, 1.807) is 4.90 Å². The van der Waals surface area contributed by atoms with E-state index in [1.165, 1.54) is 23.5 Å². The molecule has 1 saturated heterocycles. The molecule has 0 spiro atoms. The molecule has 0 atom stereocenters. The first kappa shape index (κ1) is 22.3. The fraction of sp³-hybridized carbons (Fsp3) is 0.348. The lowest BCUT2D eigenvalue weighted by atomic mass is 9.95. The fourth-order valence-electron chi connectivity index (χ4n) is 3.85. The van der Waals surface area contributed by atoms with E-state index >= 15 is 0 Å². The van der Waals surface area contributed by atoms with Gasteiger partial charge in [0, 0.05) is 24.6 Å².